The summed E-state index contributed by atoms with van der Waals surface area (Å²) >= 11 is 0. The van der Waals surface area contributed by atoms with Gasteiger partial charge in [0.2, 0.25) is 6.10 Å². The topological polar surface area (TPSA) is 87.2 Å². The van der Waals surface area contributed by atoms with Crippen molar-refractivity contribution < 1.29 is 14.3 Å². The molecular weight excluding hydrogens is 354 g/mol. The summed E-state index contributed by atoms with van der Waals surface area (Å²) in [5, 5.41) is 4.56. The fraction of sp³-hybridized carbons (Fsp3) is 0.227. The summed E-state index contributed by atoms with van der Waals surface area (Å²) in [5.74, 6) is -1.34. The van der Waals surface area contributed by atoms with Crippen LogP contribution in [0.4, 0.5) is 0 Å². The second-order valence-corrected chi connectivity index (χ2v) is 6.92. The number of carbonyl (C=O) groups excluding carboxylic acids is 2. The Balaban J connectivity index is 1.70. The number of esters is 1. The first-order chi connectivity index (χ1) is 13.6. The van der Waals surface area contributed by atoms with Crippen LogP contribution in [-0.4, -0.2) is 21.7 Å². The number of benzene rings is 2. The Morgan fingerprint density at radius 3 is 2.50 bits per heavy atom. The average molecular weight is 375 g/mol. The van der Waals surface area contributed by atoms with E-state index in [1.807, 2.05) is 41.9 Å². The molecule has 0 radical (unpaired) electrons. The molecule has 2 N–H and O–H groups in total. The Hall–Kier alpha value is -3.41. The van der Waals surface area contributed by atoms with Gasteiger partial charge in [-0.05, 0) is 37.8 Å². The summed E-state index contributed by atoms with van der Waals surface area (Å²) < 4.78 is 7.33. The number of fused-ring (bicyclic) bond motifs is 1. The van der Waals surface area contributed by atoms with E-state index in [-0.39, 0.29) is 5.69 Å². The van der Waals surface area contributed by atoms with Crippen LogP contribution >= 0.6 is 0 Å². The largest absolute Gasteiger partial charge is 0.443 e. The van der Waals surface area contributed by atoms with Gasteiger partial charge in [-0.2, -0.15) is 5.10 Å². The number of para-hydroxylation sites is 1. The van der Waals surface area contributed by atoms with E-state index in [1.165, 1.54) is 0 Å². The van der Waals surface area contributed by atoms with Crippen molar-refractivity contribution in [3.8, 4) is 5.69 Å². The van der Waals surface area contributed by atoms with Crippen LogP contribution in [0.5, 0.6) is 0 Å². The molecule has 1 aromatic heterocycles. The van der Waals surface area contributed by atoms with Crippen molar-refractivity contribution in [2.75, 3.05) is 0 Å². The Morgan fingerprint density at radius 2 is 1.79 bits per heavy atom. The zero-order chi connectivity index (χ0) is 19.7. The first-order valence-electron chi connectivity index (χ1n) is 9.28. The zero-order valence-electron chi connectivity index (χ0n) is 15.6. The van der Waals surface area contributed by atoms with Crippen LogP contribution in [0.1, 0.15) is 45.4 Å². The fourth-order valence-corrected chi connectivity index (χ4v) is 3.68. The highest BCUT2D eigenvalue weighted by Gasteiger charge is 2.31. The maximum absolute atomic E-state index is 12.9. The molecule has 0 saturated carbocycles. The van der Waals surface area contributed by atoms with Crippen LogP contribution in [0.2, 0.25) is 0 Å². The molecule has 0 fully saturated rings. The molecule has 4 rings (SSSR count). The Bertz CT molecular complexity index is 1040. The van der Waals surface area contributed by atoms with Crippen molar-refractivity contribution >= 4 is 11.9 Å². The van der Waals surface area contributed by atoms with Gasteiger partial charge in [0.1, 0.15) is 0 Å². The van der Waals surface area contributed by atoms with Gasteiger partial charge in [-0.25, -0.2) is 9.48 Å². The van der Waals surface area contributed by atoms with Gasteiger partial charge < -0.3 is 10.5 Å². The molecule has 2 aromatic carbocycles. The number of rotatable bonds is 5. The van der Waals surface area contributed by atoms with Crippen molar-refractivity contribution in [1.29, 1.82) is 0 Å². The first kappa shape index (κ1) is 18.0. The molecule has 6 nitrogen and oxygen atoms in total. The highest BCUT2D eigenvalue weighted by Crippen LogP contribution is 2.30. The van der Waals surface area contributed by atoms with Crippen LogP contribution in [0, 0.1) is 6.92 Å². The number of amides is 1. The molecule has 142 valence electrons. The van der Waals surface area contributed by atoms with Crippen LogP contribution in [0.25, 0.3) is 5.69 Å². The molecule has 1 heterocycles. The van der Waals surface area contributed by atoms with E-state index in [1.54, 1.807) is 24.3 Å². The normalized spacial score (nSPS) is 13.8. The zero-order valence-corrected chi connectivity index (χ0v) is 15.6. The van der Waals surface area contributed by atoms with Gasteiger partial charge in [-0.3, -0.25) is 4.79 Å². The molecule has 0 aliphatic heterocycles. The summed E-state index contributed by atoms with van der Waals surface area (Å²) in [4.78, 5) is 24.8. The molecule has 3 aromatic rings. The van der Waals surface area contributed by atoms with E-state index in [9.17, 15) is 9.59 Å². The van der Waals surface area contributed by atoms with E-state index in [2.05, 4.69) is 5.10 Å². The summed E-state index contributed by atoms with van der Waals surface area (Å²) in [6.45, 7) is 2.01. The molecule has 0 saturated heterocycles. The second-order valence-electron chi connectivity index (χ2n) is 6.92. The standard InChI is InChI=1S/C22H21N3O3/c1-14-8-5-6-12-17(14)25-18-13-7-11-16(18)19(24-25)22(27)28-20(21(23)26)15-9-3-2-4-10-15/h2-6,8-10,12,20H,7,11,13H2,1H3,(H2,23,26)/t20-/m0/s1. The Kier molecular flexibility index (Phi) is 4.69. The quantitative estimate of drug-likeness (QED) is 0.695. The lowest BCUT2D eigenvalue weighted by atomic mass is 10.1. The van der Waals surface area contributed by atoms with Gasteiger partial charge in [0.05, 0.1) is 5.69 Å². The van der Waals surface area contributed by atoms with Crippen molar-refractivity contribution in [1.82, 2.24) is 9.78 Å². The maximum Gasteiger partial charge on any atom is 0.360 e. The number of aromatic nitrogens is 2. The molecule has 6 heteroatoms. The monoisotopic (exact) mass is 375 g/mol. The van der Waals surface area contributed by atoms with Crippen molar-refractivity contribution in [3.05, 3.63) is 82.7 Å². The van der Waals surface area contributed by atoms with Gasteiger partial charge >= 0.3 is 5.97 Å². The summed E-state index contributed by atoms with van der Waals surface area (Å²) in [6.07, 6.45) is 1.42. The number of carbonyl (C=O) groups is 2. The molecule has 28 heavy (non-hydrogen) atoms. The SMILES string of the molecule is Cc1ccccc1-n1nc(C(=O)O[C@H](C(N)=O)c2ccccc2)c2c1CCC2. The average Bonchev–Trinajstić information content (AvgIpc) is 3.30. The van der Waals surface area contributed by atoms with Crippen LogP contribution in [-0.2, 0) is 22.4 Å². The third-order valence-electron chi connectivity index (χ3n) is 5.05. The highest BCUT2D eigenvalue weighted by molar-refractivity contribution is 5.92. The number of aryl methyl sites for hydroxylation is 1. The Labute approximate surface area is 162 Å². The molecule has 0 unspecified atom stereocenters. The van der Waals surface area contributed by atoms with E-state index < -0.39 is 18.0 Å². The fourth-order valence-electron chi connectivity index (χ4n) is 3.68. The lowest BCUT2D eigenvalue weighted by Gasteiger charge is -2.14. The molecule has 1 aliphatic rings. The lowest BCUT2D eigenvalue weighted by molar-refractivity contribution is -0.127. The molecule has 0 spiro atoms. The second kappa shape index (κ2) is 7.31. The van der Waals surface area contributed by atoms with Crippen molar-refractivity contribution in [3.63, 3.8) is 0 Å². The van der Waals surface area contributed by atoms with Crippen LogP contribution in [0.3, 0.4) is 0 Å². The van der Waals surface area contributed by atoms with E-state index >= 15 is 0 Å². The third-order valence-corrected chi connectivity index (χ3v) is 5.05. The number of nitrogens with zero attached hydrogens (tertiary/aromatic N) is 2. The molecule has 0 bridgehead atoms. The minimum Gasteiger partial charge on any atom is -0.443 e. The van der Waals surface area contributed by atoms with Crippen LogP contribution in [0.15, 0.2) is 54.6 Å². The summed E-state index contributed by atoms with van der Waals surface area (Å²) in [6, 6.07) is 16.7. The predicted octanol–water partition coefficient (Wildman–Crippen LogP) is 3.05. The lowest BCUT2D eigenvalue weighted by Crippen LogP contribution is -2.26. The van der Waals surface area contributed by atoms with Crippen LogP contribution < -0.4 is 5.73 Å². The Morgan fingerprint density at radius 1 is 1.07 bits per heavy atom. The van der Waals surface area contributed by atoms with E-state index in [0.29, 0.717) is 5.56 Å². The summed E-state index contributed by atoms with van der Waals surface area (Å²) in [7, 11) is 0. The van der Waals surface area contributed by atoms with Gasteiger partial charge in [0.15, 0.2) is 5.69 Å². The minimum atomic E-state index is -1.14. The molecule has 1 aliphatic carbocycles. The van der Waals surface area contributed by atoms with Gasteiger partial charge in [-0.1, -0.05) is 48.5 Å². The third kappa shape index (κ3) is 3.17. The number of hydrogen-bond acceptors (Lipinski definition) is 4. The minimum absolute atomic E-state index is 0.262. The van der Waals surface area contributed by atoms with E-state index in [4.69, 9.17) is 10.5 Å². The smallest absolute Gasteiger partial charge is 0.360 e. The first-order valence-corrected chi connectivity index (χ1v) is 9.28. The predicted molar refractivity (Wildman–Crippen MR) is 104 cm³/mol. The number of nitrogens with two attached hydrogens (primary N) is 1. The highest BCUT2D eigenvalue weighted by atomic mass is 16.5. The number of primary amides is 1. The molecule has 1 amide bonds. The molecule has 1 atom stereocenters. The van der Waals surface area contributed by atoms with Crippen molar-refractivity contribution in [2.24, 2.45) is 5.73 Å². The van der Waals surface area contributed by atoms with Gasteiger partial charge in [0.25, 0.3) is 5.91 Å². The number of hydrogen-bond donors (Lipinski definition) is 1. The van der Waals surface area contributed by atoms with Crippen molar-refractivity contribution in [2.45, 2.75) is 32.3 Å². The maximum atomic E-state index is 12.9. The van der Waals surface area contributed by atoms with Gasteiger partial charge in [-0.15, -0.1) is 0 Å². The molecular formula is C22H21N3O3. The summed E-state index contributed by atoms with van der Waals surface area (Å²) in [5.41, 5.74) is 10.2. The van der Waals surface area contributed by atoms with E-state index in [0.717, 1.165) is 41.8 Å². The van der Waals surface area contributed by atoms with Gasteiger partial charge in [0, 0.05) is 16.8 Å². The number of ether oxygens (including phenoxy) is 1.